The molecule has 2 N–H and O–H groups in total. The number of aromatic nitrogens is 2. The number of halogens is 3. The molecule has 2 aromatic heterocycles. The molecule has 1 aliphatic carbocycles. The van der Waals surface area contributed by atoms with Crippen molar-refractivity contribution in [2.45, 2.75) is 44.8 Å². The number of ether oxygens (including phenoxy) is 1. The molecule has 0 saturated heterocycles. The molecule has 0 aliphatic heterocycles. The van der Waals surface area contributed by atoms with Crippen LogP contribution in [-0.2, 0) is 4.79 Å². The van der Waals surface area contributed by atoms with Gasteiger partial charge in [0.1, 0.15) is 5.82 Å². The summed E-state index contributed by atoms with van der Waals surface area (Å²) in [5.74, 6) is 1.43. The molecule has 4 rings (SSSR count). The molecule has 1 fully saturated rings. The number of para-hydroxylation sites is 2. The lowest BCUT2D eigenvalue weighted by Crippen LogP contribution is -2.31. The number of H-pyrrole nitrogens is 1. The molecular formula is C22H24F3N3O2S. The van der Waals surface area contributed by atoms with Crippen molar-refractivity contribution in [3.63, 3.8) is 0 Å². The van der Waals surface area contributed by atoms with Crippen molar-refractivity contribution in [2.75, 3.05) is 6.61 Å². The average molecular weight is 452 g/mol. The summed E-state index contributed by atoms with van der Waals surface area (Å²) in [6.45, 7) is 2.61. The lowest BCUT2D eigenvalue weighted by molar-refractivity contribution is -0.152. The third-order valence-corrected chi connectivity index (χ3v) is 6.48. The van der Waals surface area contributed by atoms with Gasteiger partial charge in [-0.25, -0.2) is 4.98 Å². The molecule has 5 nitrogen and oxygen atoms in total. The highest BCUT2D eigenvalue weighted by atomic mass is 32.1. The molecular weight excluding hydrogens is 427 g/mol. The SMILES string of the molecule is CC(C)[C@@H](NC(=O)C[C@@H]1C[C@@H]1c1nc2ccccc2[nH]1)c1ccc(OCC(F)(F)F)s1. The van der Waals surface area contributed by atoms with Crippen LogP contribution in [0.1, 0.15) is 49.4 Å². The highest BCUT2D eigenvalue weighted by molar-refractivity contribution is 7.13. The predicted octanol–water partition coefficient (Wildman–Crippen LogP) is 5.57. The Morgan fingerprint density at radius 3 is 2.77 bits per heavy atom. The molecule has 1 aromatic carbocycles. The van der Waals surface area contributed by atoms with Crippen LogP contribution in [-0.4, -0.2) is 28.7 Å². The van der Waals surface area contributed by atoms with Gasteiger partial charge in [0.15, 0.2) is 11.7 Å². The van der Waals surface area contributed by atoms with Gasteiger partial charge in [0, 0.05) is 17.2 Å². The molecule has 1 aliphatic rings. The maximum absolute atomic E-state index is 12.7. The van der Waals surface area contributed by atoms with E-state index in [1.807, 2.05) is 38.1 Å². The van der Waals surface area contributed by atoms with Crippen molar-refractivity contribution in [3.8, 4) is 5.06 Å². The molecule has 31 heavy (non-hydrogen) atoms. The van der Waals surface area contributed by atoms with Crippen LogP contribution in [0.4, 0.5) is 13.2 Å². The van der Waals surface area contributed by atoms with Crippen LogP contribution in [0.2, 0.25) is 0 Å². The van der Waals surface area contributed by atoms with Gasteiger partial charge in [-0.15, -0.1) is 11.3 Å². The van der Waals surface area contributed by atoms with E-state index in [1.165, 1.54) is 6.07 Å². The molecule has 1 amide bonds. The van der Waals surface area contributed by atoms with E-state index >= 15 is 0 Å². The number of amides is 1. The van der Waals surface area contributed by atoms with Gasteiger partial charge in [-0.05, 0) is 42.5 Å². The normalized spacial score (nSPS) is 19.5. The first-order valence-electron chi connectivity index (χ1n) is 10.2. The van der Waals surface area contributed by atoms with Crippen LogP contribution in [0.15, 0.2) is 36.4 Å². The Balaban J connectivity index is 1.34. The molecule has 0 bridgehead atoms. The molecule has 0 spiro atoms. The lowest BCUT2D eigenvalue weighted by Gasteiger charge is -2.21. The zero-order chi connectivity index (χ0) is 22.2. The molecule has 166 valence electrons. The summed E-state index contributed by atoms with van der Waals surface area (Å²) < 4.78 is 41.9. The second kappa shape index (κ2) is 8.53. The monoisotopic (exact) mass is 451 g/mol. The van der Waals surface area contributed by atoms with E-state index in [2.05, 4.69) is 15.3 Å². The van der Waals surface area contributed by atoms with Crippen LogP contribution in [0.3, 0.4) is 0 Å². The maximum Gasteiger partial charge on any atom is 0.422 e. The van der Waals surface area contributed by atoms with Crippen LogP contribution in [0, 0.1) is 11.8 Å². The van der Waals surface area contributed by atoms with E-state index < -0.39 is 12.8 Å². The first-order valence-corrected chi connectivity index (χ1v) is 11.0. The molecule has 1 saturated carbocycles. The Morgan fingerprint density at radius 2 is 2.06 bits per heavy atom. The summed E-state index contributed by atoms with van der Waals surface area (Å²) in [5.41, 5.74) is 1.92. The van der Waals surface area contributed by atoms with E-state index in [1.54, 1.807) is 6.07 Å². The number of carbonyl (C=O) groups excluding carboxylic acids is 1. The molecule has 3 atom stereocenters. The number of nitrogens with zero attached hydrogens (tertiary/aromatic N) is 1. The number of rotatable bonds is 8. The number of carbonyl (C=O) groups is 1. The Kier molecular flexibility index (Phi) is 5.96. The second-order valence-corrected chi connectivity index (χ2v) is 9.37. The van der Waals surface area contributed by atoms with Crippen molar-refractivity contribution in [2.24, 2.45) is 11.8 Å². The van der Waals surface area contributed by atoms with E-state index in [9.17, 15) is 18.0 Å². The smallest absolute Gasteiger partial charge is 0.422 e. The van der Waals surface area contributed by atoms with Crippen LogP contribution in [0.5, 0.6) is 5.06 Å². The summed E-state index contributed by atoms with van der Waals surface area (Å²) in [6, 6.07) is 10.8. The van der Waals surface area contributed by atoms with Crippen molar-refractivity contribution in [1.29, 1.82) is 0 Å². The van der Waals surface area contributed by atoms with Gasteiger partial charge < -0.3 is 15.0 Å². The van der Waals surface area contributed by atoms with Crippen molar-refractivity contribution >= 4 is 28.3 Å². The highest BCUT2D eigenvalue weighted by Gasteiger charge is 2.42. The third kappa shape index (κ3) is 5.39. The molecule has 0 radical (unpaired) electrons. The number of hydrogen-bond donors (Lipinski definition) is 2. The number of nitrogens with one attached hydrogen (secondary N) is 2. The Hall–Kier alpha value is -2.55. The third-order valence-electron chi connectivity index (χ3n) is 5.40. The lowest BCUT2D eigenvalue weighted by atomic mass is 10.0. The van der Waals surface area contributed by atoms with Crippen molar-refractivity contribution < 1.29 is 22.7 Å². The van der Waals surface area contributed by atoms with Gasteiger partial charge in [-0.1, -0.05) is 26.0 Å². The fraction of sp³-hybridized carbons (Fsp3) is 0.455. The van der Waals surface area contributed by atoms with E-state index in [0.717, 1.165) is 39.5 Å². The quantitative estimate of drug-likeness (QED) is 0.470. The second-order valence-electron chi connectivity index (χ2n) is 8.30. The number of hydrogen-bond acceptors (Lipinski definition) is 4. The molecule has 9 heteroatoms. The summed E-state index contributed by atoms with van der Waals surface area (Å²) >= 11 is 1.13. The van der Waals surface area contributed by atoms with Crippen LogP contribution in [0.25, 0.3) is 11.0 Å². The largest absolute Gasteiger partial charge is 0.475 e. The molecule has 0 unspecified atom stereocenters. The van der Waals surface area contributed by atoms with Crippen molar-refractivity contribution in [1.82, 2.24) is 15.3 Å². The number of benzene rings is 1. The van der Waals surface area contributed by atoms with Crippen LogP contribution >= 0.6 is 11.3 Å². The van der Waals surface area contributed by atoms with Crippen LogP contribution < -0.4 is 10.1 Å². The average Bonchev–Trinajstić information content (AvgIpc) is 3.12. The number of alkyl halides is 3. The fourth-order valence-electron chi connectivity index (χ4n) is 3.73. The molecule has 3 aromatic rings. The minimum Gasteiger partial charge on any atom is -0.475 e. The maximum atomic E-state index is 12.7. The number of aromatic amines is 1. The van der Waals surface area contributed by atoms with Gasteiger partial charge in [-0.2, -0.15) is 13.2 Å². The summed E-state index contributed by atoms with van der Waals surface area (Å²) in [7, 11) is 0. The Morgan fingerprint density at radius 1 is 1.29 bits per heavy atom. The zero-order valence-electron chi connectivity index (χ0n) is 17.2. The zero-order valence-corrected chi connectivity index (χ0v) is 18.0. The van der Waals surface area contributed by atoms with Crippen molar-refractivity contribution in [3.05, 3.63) is 47.1 Å². The van der Waals surface area contributed by atoms with Gasteiger partial charge in [0.05, 0.1) is 17.1 Å². The predicted molar refractivity (Wildman–Crippen MR) is 113 cm³/mol. The van der Waals surface area contributed by atoms with Gasteiger partial charge >= 0.3 is 6.18 Å². The number of imidazole rings is 1. The summed E-state index contributed by atoms with van der Waals surface area (Å²) in [6.07, 6.45) is -3.07. The standard InChI is InChI=1S/C22H24F3N3O2S/c1-12(2)20(17-7-8-19(31-17)30-11-22(23,24)25)28-18(29)10-13-9-14(13)21-26-15-5-3-4-6-16(15)27-21/h3-8,12-14,20H,9-11H2,1-2H3,(H,26,27)(H,28,29)/t13-,14-,20+/m0/s1. The molecule has 2 heterocycles. The van der Waals surface area contributed by atoms with Gasteiger partial charge in [-0.3, -0.25) is 4.79 Å². The van der Waals surface area contributed by atoms with E-state index in [4.69, 9.17) is 4.74 Å². The Labute approximate surface area is 182 Å². The number of thiophene rings is 1. The summed E-state index contributed by atoms with van der Waals surface area (Å²) in [4.78, 5) is 21.4. The minimum atomic E-state index is -4.38. The van der Waals surface area contributed by atoms with E-state index in [-0.39, 0.29) is 34.8 Å². The van der Waals surface area contributed by atoms with Gasteiger partial charge in [0.2, 0.25) is 5.91 Å². The Bertz CT molecular complexity index is 1030. The minimum absolute atomic E-state index is 0.0616. The van der Waals surface area contributed by atoms with E-state index in [0.29, 0.717) is 6.42 Å². The first kappa shape index (κ1) is 21.7. The number of fused-ring (bicyclic) bond motifs is 1. The fourth-order valence-corrected chi connectivity index (χ4v) is 4.81. The highest BCUT2D eigenvalue weighted by Crippen LogP contribution is 2.49. The first-order chi connectivity index (χ1) is 14.7. The topological polar surface area (TPSA) is 67.0 Å². The van der Waals surface area contributed by atoms with Gasteiger partial charge in [0.25, 0.3) is 0 Å². The summed E-state index contributed by atoms with van der Waals surface area (Å²) in [5, 5.41) is 3.25.